The molecule has 0 saturated heterocycles. The van der Waals surface area contributed by atoms with Crippen molar-refractivity contribution in [2.75, 3.05) is 5.73 Å². The van der Waals surface area contributed by atoms with E-state index in [1.807, 2.05) is 13.8 Å². The van der Waals surface area contributed by atoms with E-state index in [9.17, 15) is 10.1 Å². The lowest BCUT2D eigenvalue weighted by Gasteiger charge is -2.09. The Balaban J connectivity index is 3.01. The number of anilines is 1. The monoisotopic (exact) mass is 196 g/mol. The lowest BCUT2D eigenvalue weighted by atomic mass is 10.2. The van der Waals surface area contributed by atoms with Gasteiger partial charge >= 0.3 is 0 Å². The summed E-state index contributed by atoms with van der Waals surface area (Å²) in [7, 11) is 0. The quantitative estimate of drug-likeness (QED) is 0.455. The fourth-order valence-corrected chi connectivity index (χ4v) is 1.05. The number of hydrogen-bond acceptors (Lipinski definition) is 4. The van der Waals surface area contributed by atoms with Crippen LogP contribution in [-0.4, -0.2) is 11.0 Å². The topological polar surface area (TPSA) is 78.4 Å². The van der Waals surface area contributed by atoms with Gasteiger partial charge in [0.25, 0.3) is 5.69 Å². The van der Waals surface area contributed by atoms with E-state index >= 15 is 0 Å². The summed E-state index contributed by atoms with van der Waals surface area (Å²) in [4.78, 5) is 9.99. The van der Waals surface area contributed by atoms with Crippen LogP contribution < -0.4 is 10.5 Å². The number of benzene rings is 1. The maximum absolute atomic E-state index is 10.5. The van der Waals surface area contributed by atoms with Gasteiger partial charge in [-0.1, -0.05) is 0 Å². The first-order chi connectivity index (χ1) is 6.49. The number of nitrogen functional groups attached to an aromatic ring is 1. The number of nitro benzene ring substituents is 1. The zero-order chi connectivity index (χ0) is 10.7. The van der Waals surface area contributed by atoms with E-state index in [4.69, 9.17) is 10.5 Å². The van der Waals surface area contributed by atoms with Crippen LogP contribution in [0.15, 0.2) is 18.2 Å². The molecule has 14 heavy (non-hydrogen) atoms. The Hall–Kier alpha value is -1.78. The third-order valence-electron chi connectivity index (χ3n) is 1.50. The van der Waals surface area contributed by atoms with Crippen LogP contribution in [0.5, 0.6) is 5.75 Å². The summed E-state index contributed by atoms with van der Waals surface area (Å²) in [6.45, 7) is 3.68. The number of non-ortho nitro benzene ring substituents is 1. The minimum Gasteiger partial charge on any atom is -0.491 e. The van der Waals surface area contributed by atoms with Gasteiger partial charge in [-0.2, -0.15) is 0 Å². The molecular weight excluding hydrogens is 184 g/mol. The molecule has 1 aromatic rings. The molecule has 76 valence electrons. The van der Waals surface area contributed by atoms with Crippen LogP contribution in [-0.2, 0) is 0 Å². The van der Waals surface area contributed by atoms with Crippen molar-refractivity contribution in [2.24, 2.45) is 0 Å². The van der Waals surface area contributed by atoms with Gasteiger partial charge in [0.05, 0.1) is 17.1 Å². The van der Waals surface area contributed by atoms with Crippen molar-refractivity contribution in [3.63, 3.8) is 0 Å². The van der Waals surface area contributed by atoms with Gasteiger partial charge in [-0.25, -0.2) is 0 Å². The Kier molecular flexibility index (Phi) is 2.91. The molecule has 2 N–H and O–H groups in total. The molecule has 0 amide bonds. The first-order valence-corrected chi connectivity index (χ1v) is 4.20. The Bertz CT molecular complexity index is 350. The highest BCUT2D eigenvalue weighted by Gasteiger charge is 2.09. The summed E-state index contributed by atoms with van der Waals surface area (Å²) >= 11 is 0. The van der Waals surface area contributed by atoms with Crippen molar-refractivity contribution in [2.45, 2.75) is 20.0 Å². The molecular formula is C9H12N2O3. The van der Waals surface area contributed by atoms with Gasteiger partial charge in [-0.05, 0) is 13.8 Å². The number of hydrogen-bond donors (Lipinski definition) is 1. The smallest absolute Gasteiger partial charge is 0.275 e. The van der Waals surface area contributed by atoms with Crippen LogP contribution in [0.2, 0.25) is 0 Å². The van der Waals surface area contributed by atoms with E-state index in [0.29, 0.717) is 11.4 Å². The van der Waals surface area contributed by atoms with Crippen molar-refractivity contribution in [1.82, 2.24) is 0 Å². The minimum absolute atomic E-state index is 0.0311. The first-order valence-electron chi connectivity index (χ1n) is 4.20. The Morgan fingerprint density at radius 1 is 1.43 bits per heavy atom. The zero-order valence-corrected chi connectivity index (χ0v) is 8.06. The van der Waals surface area contributed by atoms with Crippen molar-refractivity contribution in [3.8, 4) is 5.75 Å². The third-order valence-corrected chi connectivity index (χ3v) is 1.50. The van der Waals surface area contributed by atoms with Crippen LogP contribution in [0, 0.1) is 10.1 Å². The molecule has 0 aromatic heterocycles. The second-order valence-corrected chi connectivity index (χ2v) is 3.18. The van der Waals surface area contributed by atoms with E-state index in [1.54, 1.807) is 6.07 Å². The number of rotatable bonds is 3. The number of ether oxygens (including phenoxy) is 1. The highest BCUT2D eigenvalue weighted by Crippen LogP contribution is 2.24. The van der Waals surface area contributed by atoms with E-state index in [-0.39, 0.29) is 11.8 Å². The molecule has 0 aliphatic heterocycles. The fraction of sp³-hybridized carbons (Fsp3) is 0.333. The summed E-state index contributed by atoms with van der Waals surface area (Å²) < 4.78 is 5.30. The largest absolute Gasteiger partial charge is 0.491 e. The lowest BCUT2D eigenvalue weighted by molar-refractivity contribution is -0.384. The van der Waals surface area contributed by atoms with Crippen LogP contribution >= 0.6 is 0 Å². The summed E-state index contributed by atoms with van der Waals surface area (Å²) in [6.07, 6.45) is -0.0311. The maximum atomic E-state index is 10.5. The summed E-state index contributed by atoms with van der Waals surface area (Å²) in [5, 5.41) is 10.5. The lowest BCUT2D eigenvalue weighted by Crippen LogP contribution is -2.06. The fourth-order valence-electron chi connectivity index (χ4n) is 1.05. The molecule has 0 heterocycles. The minimum atomic E-state index is -0.496. The molecule has 5 heteroatoms. The normalized spacial score (nSPS) is 10.2. The van der Waals surface area contributed by atoms with Crippen molar-refractivity contribution < 1.29 is 9.66 Å². The van der Waals surface area contributed by atoms with Crippen LogP contribution in [0.3, 0.4) is 0 Å². The van der Waals surface area contributed by atoms with Gasteiger partial charge in [0.2, 0.25) is 0 Å². The van der Waals surface area contributed by atoms with Gasteiger partial charge in [-0.3, -0.25) is 10.1 Å². The Morgan fingerprint density at radius 3 is 2.57 bits per heavy atom. The average Bonchev–Trinajstić information content (AvgIpc) is 2.01. The van der Waals surface area contributed by atoms with Crippen LogP contribution in [0.4, 0.5) is 11.4 Å². The molecule has 0 spiro atoms. The van der Waals surface area contributed by atoms with E-state index in [1.165, 1.54) is 12.1 Å². The SMILES string of the molecule is CC(C)Oc1cc(N)cc([N+](=O)[O-])c1. The molecule has 0 aliphatic carbocycles. The third kappa shape index (κ3) is 2.62. The number of nitrogens with two attached hydrogens (primary N) is 1. The van der Waals surface area contributed by atoms with Crippen molar-refractivity contribution in [1.29, 1.82) is 0 Å². The Morgan fingerprint density at radius 2 is 2.07 bits per heavy atom. The predicted octanol–water partition coefficient (Wildman–Crippen LogP) is 1.96. The maximum Gasteiger partial charge on any atom is 0.275 e. The van der Waals surface area contributed by atoms with Gasteiger partial charge in [0, 0.05) is 17.8 Å². The van der Waals surface area contributed by atoms with Gasteiger partial charge in [0.15, 0.2) is 0 Å². The highest BCUT2D eigenvalue weighted by atomic mass is 16.6. The second-order valence-electron chi connectivity index (χ2n) is 3.18. The molecule has 1 aromatic carbocycles. The molecule has 0 radical (unpaired) electrons. The molecule has 0 atom stereocenters. The number of nitrogens with zero attached hydrogens (tertiary/aromatic N) is 1. The molecule has 0 aliphatic rings. The molecule has 0 unspecified atom stereocenters. The molecule has 5 nitrogen and oxygen atoms in total. The molecule has 0 saturated carbocycles. The average molecular weight is 196 g/mol. The van der Waals surface area contributed by atoms with Crippen LogP contribution in [0.25, 0.3) is 0 Å². The van der Waals surface area contributed by atoms with E-state index in [2.05, 4.69) is 0 Å². The summed E-state index contributed by atoms with van der Waals surface area (Å²) in [6, 6.07) is 4.22. The molecule has 0 bridgehead atoms. The number of nitro groups is 1. The van der Waals surface area contributed by atoms with Crippen molar-refractivity contribution >= 4 is 11.4 Å². The molecule has 1 rings (SSSR count). The predicted molar refractivity (Wildman–Crippen MR) is 53.3 cm³/mol. The zero-order valence-electron chi connectivity index (χ0n) is 8.06. The standard InChI is InChI=1S/C9H12N2O3/c1-6(2)14-9-4-7(10)3-8(5-9)11(12)13/h3-6H,10H2,1-2H3. The summed E-state index contributed by atoms with van der Waals surface area (Å²) in [5.41, 5.74) is 5.76. The van der Waals surface area contributed by atoms with E-state index < -0.39 is 4.92 Å². The Labute approximate surface area is 81.6 Å². The molecule has 0 fully saturated rings. The summed E-state index contributed by atoms with van der Waals surface area (Å²) in [5.74, 6) is 0.423. The van der Waals surface area contributed by atoms with Gasteiger partial charge in [0.1, 0.15) is 5.75 Å². The van der Waals surface area contributed by atoms with Gasteiger partial charge < -0.3 is 10.5 Å². The van der Waals surface area contributed by atoms with Gasteiger partial charge in [-0.15, -0.1) is 0 Å². The van der Waals surface area contributed by atoms with E-state index in [0.717, 1.165) is 0 Å². The highest BCUT2D eigenvalue weighted by molar-refractivity contribution is 5.53. The van der Waals surface area contributed by atoms with Crippen LogP contribution in [0.1, 0.15) is 13.8 Å². The second kappa shape index (κ2) is 3.95. The van der Waals surface area contributed by atoms with Crippen molar-refractivity contribution in [3.05, 3.63) is 28.3 Å². The first kappa shape index (κ1) is 10.3.